The Morgan fingerprint density at radius 2 is 1.97 bits per heavy atom. The highest BCUT2D eigenvalue weighted by Crippen LogP contribution is 2.40. The number of carbonyl (C=O) groups is 1. The van der Waals surface area contributed by atoms with Crippen molar-refractivity contribution in [2.75, 3.05) is 5.32 Å². The average Bonchev–Trinajstić information content (AvgIpc) is 3.45. The maximum absolute atomic E-state index is 13.5. The first-order valence-electron chi connectivity index (χ1n) is 12.2. The van der Waals surface area contributed by atoms with Gasteiger partial charge in [0.2, 0.25) is 5.91 Å². The second-order valence-corrected chi connectivity index (χ2v) is 9.85. The van der Waals surface area contributed by atoms with E-state index in [0.29, 0.717) is 25.2 Å². The Morgan fingerprint density at radius 1 is 1.19 bits per heavy atom. The first kappa shape index (κ1) is 24.1. The van der Waals surface area contributed by atoms with E-state index in [1.165, 1.54) is 4.57 Å². The normalized spacial score (nSPS) is 16.8. The highest BCUT2D eigenvalue weighted by Gasteiger charge is 2.38. The Balaban J connectivity index is 1.39. The first-order valence-corrected chi connectivity index (χ1v) is 12.5. The van der Waals surface area contributed by atoms with Gasteiger partial charge in [-0.2, -0.15) is 0 Å². The number of benzene rings is 1. The van der Waals surface area contributed by atoms with E-state index in [2.05, 4.69) is 43.8 Å². The smallest absolute Gasteiger partial charge is 0.294 e. The van der Waals surface area contributed by atoms with Gasteiger partial charge in [0, 0.05) is 41.5 Å². The van der Waals surface area contributed by atoms with Crippen molar-refractivity contribution in [3.05, 3.63) is 86.3 Å². The Morgan fingerprint density at radius 3 is 2.69 bits per heavy atom. The van der Waals surface area contributed by atoms with Crippen molar-refractivity contribution in [1.82, 2.24) is 24.8 Å². The van der Waals surface area contributed by atoms with Crippen LogP contribution in [0.3, 0.4) is 0 Å². The summed E-state index contributed by atoms with van der Waals surface area (Å²) in [6, 6.07) is 9.43. The van der Waals surface area contributed by atoms with E-state index in [9.17, 15) is 9.59 Å². The molecule has 36 heavy (non-hydrogen) atoms. The number of rotatable bonds is 7. The van der Waals surface area contributed by atoms with Crippen LogP contribution in [-0.2, 0) is 17.9 Å². The van der Waals surface area contributed by atoms with Crippen LogP contribution in [0.4, 0.5) is 5.82 Å². The molecule has 9 heteroatoms. The monoisotopic (exact) mass is 504 g/mol. The van der Waals surface area contributed by atoms with Crippen LogP contribution in [0.25, 0.3) is 10.9 Å². The number of aromatic amines is 1. The van der Waals surface area contributed by atoms with Gasteiger partial charge in [0.1, 0.15) is 6.04 Å². The quantitative estimate of drug-likeness (QED) is 0.336. The van der Waals surface area contributed by atoms with Gasteiger partial charge in [-0.25, -0.2) is 4.98 Å². The Bertz CT molecular complexity index is 1450. The summed E-state index contributed by atoms with van der Waals surface area (Å²) >= 11 is 6.59. The van der Waals surface area contributed by atoms with Gasteiger partial charge >= 0.3 is 0 Å². The fraction of sp³-hybridized carbons (Fsp3) is 0.333. The molecule has 4 aromatic rings. The Hall–Kier alpha value is -3.65. The predicted octanol–water partition coefficient (Wildman–Crippen LogP) is 4.76. The Kier molecular flexibility index (Phi) is 6.53. The zero-order valence-corrected chi connectivity index (χ0v) is 21.3. The third-order valence-corrected chi connectivity index (χ3v) is 7.05. The van der Waals surface area contributed by atoms with Crippen LogP contribution in [0.2, 0.25) is 5.15 Å². The van der Waals surface area contributed by atoms with Gasteiger partial charge in [-0.15, -0.1) is 0 Å². The summed E-state index contributed by atoms with van der Waals surface area (Å²) < 4.78 is 1.54. The molecule has 1 aromatic carbocycles. The number of fused-ring (bicyclic) bond motifs is 2. The molecule has 186 valence electrons. The van der Waals surface area contributed by atoms with Crippen LogP contribution in [0.5, 0.6) is 0 Å². The highest BCUT2D eigenvalue weighted by molar-refractivity contribution is 6.30. The van der Waals surface area contributed by atoms with Crippen molar-refractivity contribution in [3.8, 4) is 0 Å². The van der Waals surface area contributed by atoms with E-state index in [1.54, 1.807) is 12.4 Å². The van der Waals surface area contributed by atoms with E-state index < -0.39 is 6.04 Å². The van der Waals surface area contributed by atoms with Crippen LogP contribution in [0, 0.1) is 13.8 Å². The van der Waals surface area contributed by atoms with Crippen molar-refractivity contribution in [2.45, 2.75) is 58.7 Å². The van der Waals surface area contributed by atoms with Gasteiger partial charge in [0.15, 0.2) is 11.0 Å². The second kappa shape index (κ2) is 9.78. The summed E-state index contributed by atoms with van der Waals surface area (Å²) in [6.45, 7) is 6.86. The molecule has 0 fully saturated rings. The average molecular weight is 505 g/mol. The maximum Gasteiger partial charge on any atom is 0.294 e. The highest BCUT2D eigenvalue weighted by atomic mass is 35.5. The van der Waals surface area contributed by atoms with Gasteiger partial charge in [-0.3, -0.25) is 19.1 Å². The lowest BCUT2D eigenvalue weighted by molar-refractivity contribution is -0.124. The van der Waals surface area contributed by atoms with Crippen LogP contribution >= 0.6 is 11.6 Å². The van der Waals surface area contributed by atoms with Gasteiger partial charge in [0.05, 0.1) is 12.2 Å². The number of carbonyl (C=O) groups excluding carboxylic acids is 1. The molecule has 0 unspecified atom stereocenters. The Labute approximate surface area is 214 Å². The van der Waals surface area contributed by atoms with Gasteiger partial charge < -0.3 is 15.6 Å². The van der Waals surface area contributed by atoms with Crippen molar-refractivity contribution in [1.29, 1.82) is 0 Å². The number of nitrogens with zero attached hydrogens (tertiary/aromatic N) is 3. The fourth-order valence-corrected chi connectivity index (χ4v) is 5.50. The number of nitrogens with one attached hydrogen (secondary N) is 3. The number of hydrogen-bond donors (Lipinski definition) is 3. The second-order valence-electron chi connectivity index (χ2n) is 9.49. The minimum absolute atomic E-state index is 0.0129. The summed E-state index contributed by atoms with van der Waals surface area (Å²) in [5, 5.41) is 7.38. The van der Waals surface area contributed by atoms with E-state index in [1.807, 2.05) is 32.9 Å². The SMILES string of the molecule is CC[C@H]1C[C@@H](C(=O)NCc2cc3cnccc3[nH]2)n2c1c(Cl)nc(NCc1cc(C)cc(C)c1)c2=O. The lowest BCUT2D eigenvalue weighted by atomic mass is 9.99. The number of aromatic nitrogens is 4. The summed E-state index contributed by atoms with van der Waals surface area (Å²) in [4.78, 5) is 38.6. The largest absolute Gasteiger partial charge is 0.361 e. The predicted molar refractivity (Wildman–Crippen MR) is 141 cm³/mol. The third kappa shape index (κ3) is 4.60. The molecule has 8 nitrogen and oxygen atoms in total. The molecule has 0 spiro atoms. The number of aryl methyl sites for hydroxylation is 2. The molecular weight excluding hydrogens is 476 g/mol. The molecule has 1 aliphatic rings. The van der Waals surface area contributed by atoms with Crippen LogP contribution in [0.1, 0.15) is 59.8 Å². The number of amides is 1. The van der Waals surface area contributed by atoms with Crippen LogP contribution < -0.4 is 16.2 Å². The van der Waals surface area contributed by atoms with E-state index in [0.717, 1.165) is 39.7 Å². The molecule has 1 amide bonds. The van der Waals surface area contributed by atoms with Crippen molar-refractivity contribution in [2.24, 2.45) is 0 Å². The number of pyridine rings is 1. The summed E-state index contributed by atoms with van der Waals surface area (Å²) in [5.74, 6) is -0.0738. The third-order valence-electron chi connectivity index (χ3n) is 6.78. The minimum Gasteiger partial charge on any atom is -0.361 e. The van der Waals surface area contributed by atoms with E-state index in [-0.39, 0.29) is 28.4 Å². The minimum atomic E-state index is -0.647. The first-order chi connectivity index (χ1) is 17.3. The van der Waals surface area contributed by atoms with Crippen molar-refractivity contribution in [3.63, 3.8) is 0 Å². The molecule has 0 bridgehead atoms. The molecule has 2 atom stereocenters. The molecule has 5 rings (SSSR count). The molecule has 0 saturated carbocycles. The topological polar surface area (TPSA) is 105 Å². The number of anilines is 1. The zero-order valence-electron chi connectivity index (χ0n) is 20.6. The van der Waals surface area contributed by atoms with E-state index >= 15 is 0 Å². The van der Waals surface area contributed by atoms with Crippen molar-refractivity contribution < 1.29 is 4.79 Å². The molecule has 0 aliphatic carbocycles. The van der Waals surface area contributed by atoms with Gasteiger partial charge in [-0.05, 0) is 44.4 Å². The summed E-state index contributed by atoms with van der Waals surface area (Å²) in [7, 11) is 0. The zero-order chi connectivity index (χ0) is 25.4. The lowest BCUT2D eigenvalue weighted by Gasteiger charge is -2.16. The molecule has 4 heterocycles. The standard InChI is InChI=1S/C27H29ClN6O2/c1-4-18-11-22(26(35)31-14-20-10-19-13-29-6-5-21(19)32-20)34-23(18)24(28)33-25(27(34)36)30-12-17-8-15(2)7-16(3)9-17/h5-10,13,18,22,32H,4,11-12,14H2,1-3H3,(H,30,33)(H,31,35)/t18-,22-/m0/s1. The fourth-order valence-electron chi connectivity index (χ4n) is 5.17. The maximum atomic E-state index is 13.5. The van der Waals surface area contributed by atoms with Gasteiger partial charge in [-0.1, -0.05) is 47.9 Å². The summed E-state index contributed by atoms with van der Waals surface area (Å²) in [6.07, 6.45) is 4.76. The summed E-state index contributed by atoms with van der Waals surface area (Å²) in [5.41, 5.74) is 5.48. The van der Waals surface area contributed by atoms with Crippen LogP contribution in [0.15, 0.2) is 47.5 Å². The molecule has 0 saturated heterocycles. The molecule has 0 radical (unpaired) electrons. The van der Waals surface area contributed by atoms with Crippen molar-refractivity contribution >= 4 is 34.2 Å². The van der Waals surface area contributed by atoms with E-state index in [4.69, 9.17) is 11.6 Å². The molecular formula is C27H29ClN6O2. The number of halogens is 1. The number of H-pyrrole nitrogens is 1. The number of hydrogen-bond acceptors (Lipinski definition) is 5. The molecule has 1 aliphatic heterocycles. The lowest BCUT2D eigenvalue weighted by Crippen LogP contribution is -2.36. The van der Waals surface area contributed by atoms with Crippen LogP contribution in [-0.4, -0.2) is 25.4 Å². The van der Waals surface area contributed by atoms with Gasteiger partial charge in [0.25, 0.3) is 5.56 Å². The molecule has 3 aromatic heterocycles. The molecule has 3 N–H and O–H groups in total.